The molecule has 2 fully saturated rings. The summed E-state index contributed by atoms with van der Waals surface area (Å²) in [6.45, 7) is 0. The third kappa shape index (κ3) is 3.56. The Labute approximate surface area is 226 Å². The Hall–Kier alpha value is -5.39. The van der Waals surface area contributed by atoms with Gasteiger partial charge in [-0.1, -0.05) is 36.4 Å². The van der Waals surface area contributed by atoms with Gasteiger partial charge in [0.25, 0.3) is 11.4 Å². The molecule has 3 aliphatic rings. The van der Waals surface area contributed by atoms with Gasteiger partial charge in [-0.05, 0) is 23.3 Å². The number of benzene rings is 3. The molecule has 12 nitrogen and oxygen atoms in total. The lowest BCUT2D eigenvalue weighted by atomic mass is 9.83. The predicted molar refractivity (Wildman–Crippen MR) is 140 cm³/mol. The molecule has 12 heteroatoms. The third-order valence-corrected chi connectivity index (χ3v) is 7.69. The number of rotatable bonds is 6. The van der Waals surface area contributed by atoms with Crippen LogP contribution in [0.15, 0.2) is 72.9 Å². The number of nitrogens with zero attached hydrogens (tertiary/aromatic N) is 4. The van der Waals surface area contributed by atoms with Crippen molar-refractivity contribution in [1.82, 2.24) is 4.90 Å². The van der Waals surface area contributed by atoms with Crippen LogP contribution in [0.3, 0.4) is 0 Å². The van der Waals surface area contributed by atoms with E-state index < -0.39 is 51.4 Å². The van der Waals surface area contributed by atoms with Crippen LogP contribution in [0.2, 0.25) is 0 Å². The van der Waals surface area contributed by atoms with E-state index in [-0.39, 0.29) is 28.4 Å². The number of ketones is 1. The van der Waals surface area contributed by atoms with Crippen molar-refractivity contribution in [3.05, 3.63) is 110 Å². The van der Waals surface area contributed by atoms with Gasteiger partial charge in [-0.3, -0.25) is 34.6 Å². The lowest BCUT2D eigenvalue weighted by Crippen LogP contribution is -2.44. The van der Waals surface area contributed by atoms with Crippen LogP contribution in [0.5, 0.6) is 5.75 Å². The van der Waals surface area contributed by atoms with Crippen LogP contribution < -0.4 is 9.64 Å². The molecule has 200 valence electrons. The Balaban J connectivity index is 1.51. The maximum atomic E-state index is 14.1. The van der Waals surface area contributed by atoms with Crippen molar-refractivity contribution in [3.63, 3.8) is 0 Å². The molecule has 3 aromatic rings. The van der Waals surface area contributed by atoms with Crippen LogP contribution in [0.25, 0.3) is 6.08 Å². The zero-order valence-corrected chi connectivity index (χ0v) is 20.9. The number of ether oxygens (including phenoxy) is 1. The van der Waals surface area contributed by atoms with Gasteiger partial charge < -0.3 is 9.64 Å². The summed E-state index contributed by atoms with van der Waals surface area (Å²) in [6, 6.07) is 14.3. The molecule has 0 aliphatic carbocycles. The Kier molecular flexibility index (Phi) is 5.68. The van der Waals surface area contributed by atoms with Gasteiger partial charge >= 0.3 is 0 Å². The van der Waals surface area contributed by atoms with Gasteiger partial charge in [0.15, 0.2) is 5.78 Å². The highest BCUT2D eigenvalue weighted by Crippen LogP contribution is 2.54. The van der Waals surface area contributed by atoms with E-state index in [0.29, 0.717) is 0 Å². The molecule has 0 N–H and O–H groups in total. The summed E-state index contributed by atoms with van der Waals surface area (Å²) in [5.74, 6) is -3.98. The summed E-state index contributed by atoms with van der Waals surface area (Å²) < 4.78 is 5.33. The highest BCUT2D eigenvalue weighted by atomic mass is 16.6. The average molecular weight is 540 g/mol. The minimum absolute atomic E-state index is 0.0255. The van der Waals surface area contributed by atoms with E-state index in [9.17, 15) is 34.6 Å². The van der Waals surface area contributed by atoms with Crippen molar-refractivity contribution in [2.45, 2.75) is 12.1 Å². The Bertz CT molecular complexity index is 1670. The first-order chi connectivity index (χ1) is 19.2. The van der Waals surface area contributed by atoms with E-state index in [4.69, 9.17) is 4.74 Å². The monoisotopic (exact) mass is 540 g/mol. The molecule has 0 spiro atoms. The number of fused-ring (bicyclic) bond motifs is 5. The first-order valence-electron chi connectivity index (χ1n) is 12.3. The van der Waals surface area contributed by atoms with Crippen LogP contribution in [-0.2, 0) is 9.59 Å². The van der Waals surface area contributed by atoms with Gasteiger partial charge in [-0.2, -0.15) is 0 Å². The van der Waals surface area contributed by atoms with Gasteiger partial charge in [-0.15, -0.1) is 0 Å². The molecule has 3 heterocycles. The summed E-state index contributed by atoms with van der Waals surface area (Å²) in [4.78, 5) is 66.3. The number of anilines is 1. The summed E-state index contributed by atoms with van der Waals surface area (Å²) in [6.07, 6.45) is 3.46. The first kappa shape index (κ1) is 24.9. The maximum absolute atomic E-state index is 14.1. The molecule has 0 unspecified atom stereocenters. The zero-order chi connectivity index (χ0) is 28.3. The highest BCUT2D eigenvalue weighted by Gasteiger charge is 2.65. The van der Waals surface area contributed by atoms with Crippen LogP contribution in [-0.4, -0.2) is 45.5 Å². The van der Waals surface area contributed by atoms with Crippen molar-refractivity contribution in [3.8, 4) is 5.75 Å². The van der Waals surface area contributed by atoms with Gasteiger partial charge in [0.05, 0.1) is 34.8 Å². The van der Waals surface area contributed by atoms with Crippen molar-refractivity contribution in [2.75, 3.05) is 12.0 Å². The SMILES string of the molecule is COc1ccc([N+](=O)[O-])cc1N1C(=O)[C@@H]2[C@H](C1=O)[C@@H]1c3ccccc3C=CN1[C@@H]2C(=O)c1cccc([N+](=O)[O-])c1. The number of methoxy groups -OCH3 is 1. The van der Waals surface area contributed by atoms with Gasteiger partial charge in [-0.25, -0.2) is 4.90 Å². The number of hydrogen-bond donors (Lipinski definition) is 0. The number of Topliss-reactive ketones (excluding diaryl/α,β-unsaturated/α-hetero) is 1. The number of amides is 2. The molecule has 3 aliphatic heterocycles. The molecule has 4 atom stereocenters. The van der Waals surface area contributed by atoms with Crippen molar-refractivity contribution in [1.29, 1.82) is 0 Å². The second kappa shape index (κ2) is 9.12. The standard InChI is InChI=1S/C28H20N4O8/c1-40-21-10-9-18(32(38)39)14-20(21)30-27(34)22-23(28(30)35)25(26(33)16-6-4-7-17(13-16)31(36)37)29-12-11-15-5-2-3-8-19(15)24(22)29/h2-14,22-25H,1H3/t22-,23+,24-,25-/m0/s1. The van der Waals surface area contributed by atoms with Gasteiger partial charge in [0.1, 0.15) is 17.5 Å². The smallest absolute Gasteiger partial charge is 0.271 e. The average Bonchev–Trinajstić information content (AvgIpc) is 3.44. The van der Waals surface area contributed by atoms with Crippen LogP contribution in [0, 0.1) is 32.1 Å². The van der Waals surface area contributed by atoms with E-state index in [0.717, 1.165) is 28.2 Å². The second-order valence-corrected chi connectivity index (χ2v) is 9.63. The normalized spacial score (nSPS) is 22.5. The maximum Gasteiger partial charge on any atom is 0.271 e. The third-order valence-electron chi connectivity index (χ3n) is 7.69. The van der Waals surface area contributed by atoms with E-state index in [1.54, 1.807) is 23.2 Å². The number of imide groups is 1. The molecule has 2 amide bonds. The molecule has 0 saturated carbocycles. The summed E-state index contributed by atoms with van der Waals surface area (Å²) >= 11 is 0. The van der Waals surface area contributed by atoms with Crippen LogP contribution >= 0.6 is 0 Å². The Morgan fingerprint density at radius 1 is 0.875 bits per heavy atom. The number of nitro groups is 2. The van der Waals surface area contributed by atoms with E-state index in [1.165, 1.54) is 37.4 Å². The fourth-order valence-corrected chi connectivity index (χ4v) is 6.00. The number of carbonyl (C=O) groups is 3. The lowest BCUT2D eigenvalue weighted by molar-refractivity contribution is -0.385. The zero-order valence-electron chi connectivity index (χ0n) is 20.9. The molecule has 6 rings (SSSR count). The minimum Gasteiger partial charge on any atom is -0.495 e. The summed E-state index contributed by atoms with van der Waals surface area (Å²) in [5.41, 5.74) is 0.866. The molecular formula is C28H20N4O8. The van der Waals surface area contributed by atoms with Crippen LogP contribution in [0.1, 0.15) is 27.5 Å². The van der Waals surface area contributed by atoms with E-state index >= 15 is 0 Å². The number of non-ortho nitro benzene ring substituents is 2. The Morgan fingerprint density at radius 3 is 2.30 bits per heavy atom. The van der Waals surface area contributed by atoms with Crippen LogP contribution in [0.4, 0.5) is 17.1 Å². The molecule has 0 aromatic heterocycles. The largest absolute Gasteiger partial charge is 0.495 e. The van der Waals surface area contributed by atoms with Crippen molar-refractivity contribution in [2.24, 2.45) is 11.8 Å². The number of carbonyl (C=O) groups excluding carboxylic acids is 3. The quantitative estimate of drug-likeness (QED) is 0.196. The predicted octanol–water partition coefficient (Wildman–Crippen LogP) is 3.91. The lowest BCUT2D eigenvalue weighted by Gasteiger charge is -2.35. The second-order valence-electron chi connectivity index (χ2n) is 9.63. The summed E-state index contributed by atoms with van der Waals surface area (Å²) in [7, 11) is 1.31. The molecule has 0 bridgehead atoms. The first-order valence-corrected chi connectivity index (χ1v) is 12.3. The molecule has 40 heavy (non-hydrogen) atoms. The molecular weight excluding hydrogens is 520 g/mol. The fourth-order valence-electron chi connectivity index (χ4n) is 6.00. The topological polar surface area (TPSA) is 153 Å². The molecule has 0 radical (unpaired) electrons. The molecule has 2 saturated heterocycles. The van der Waals surface area contributed by atoms with E-state index in [1.807, 2.05) is 18.2 Å². The van der Waals surface area contributed by atoms with Gasteiger partial charge in [0, 0.05) is 36.0 Å². The minimum atomic E-state index is -1.16. The number of hydrogen-bond acceptors (Lipinski definition) is 9. The van der Waals surface area contributed by atoms with E-state index in [2.05, 4.69) is 0 Å². The summed E-state index contributed by atoms with van der Waals surface area (Å²) in [5, 5.41) is 22.9. The highest BCUT2D eigenvalue weighted by molar-refractivity contribution is 6.25. The molecule has 3 aromatic carbocycles. The fraction of sp³-hybridized carbons (Fsp3) is 0.179. The van der Waals surface area contributed by atoms with Crippen molar-refractivity contribution < 1.29 is 29.0 Å². The number of nitro benzene ring substituents is 2. The van der Waals surface area contributed by atoms with Crippen molar-refractivity contribution >= 4 is 40.7 Å². The van der Waals surface area contributed by atoms with Gasteiger partial charge in [0.2, 0.25) is 11.8 Å². The Morgan fingerprint density at radius 2 is 1.57 bits per heavy atom.